The van der Waals surface area contributed by atoms with E-state index in [0.717, 1.165) is 15.6 Å². The molecule has 0 radical (unpaired) electrons. The zero-order valence-corrected chi connectivity index (χ0v) is 10.7. The SMILES string of the molecule is CC(C)(C)n1sc2ccc(C3OO3)cc2c1=O. The highest BCUT2D eigenvalue weighted by atomic mass is 32.1. The van der Waals surface area contributed by atoms with Crippen molar-refractivity contribution in [2.75, 3.05) is 0 Å². The molecule has 1 aromatic carbocycles. The van der Waals surface area contributed by atoms with Crippen LogP contribution in [0.5, 0.6) is 0 Å². The van der Waals surface area contributed by atoms with Gasteiger partial charge in [0.1, 0.15) is 0 Å². The van der Waals surface area contributed by atoms with Gasteiger partial charge in [0, 0.05) is 5.56 Å². The Bertz CT molecular complexity index is 631. The van der Waals surface area contributed by atoms with Gasteiger partial charge in [-0.1, -0.05) is 17.6 Å². The number of aromatic nitrogens is 1. The summed E-state index contributed by atoms with van der Waals surface area (Å²) in [6.07, 6.45) is -0.290. The van der Waals surface area contributed by atoms with Crippen LogP contribution in [0.25, 0.3) is 10.1 Å². The van der Waals surface area contributed by atoms with Crippen molar-refractivity contribution >= 4 is 21.6 Å². The Morgan fingerprint density at radius 3 is 2.59 bits per heavy atom. The van der Waals surface area contributed by atoms with Crippen LogP contribution in [0.4, 0.5) is 0 Å². The molecule has 1 aromatic heterocycles. The maximum Gasteiger partial charge on any atom is 0.269 e. The van der Waals surface area contributed by atoms with Gasteiger partial charge in [-0.25, -0.2) is 0 Å². The Morgan fingerprint density at radius 2 is 2.00 bits per heavy atom. The van der Waals surface area contributed by atoms with E-state index in [9.17, 15) is 4.79 Å². The van der Waals surface area contributed by atoms with Crippen molar-refractivity contribution in [3.63, 3.8) is 0 Å². The summed E-state index contributed by atoms with van der Waals surface area (Å²) >= 11 is 1.49. The van der Waals surface area contributed by atoms with Crippen molar-refractivity contribution in [3.8, 4) is 0 Å². The minimum absolute atomic E-state index is 0.0556. The number of rotatable bonds is 1. The Morgan fingerprint density at radius 1 is 1.29 bits per heavy atom. The van der Waals surface area contributed by atoms with Gasteiger partial charge in [0.05, 0.1) is 15.6 Å². The molecule has 2 aromatic rings. The first-order valence-electron chi connectivity index (χ1n) is 5.45. The molecule has 3 rings (SSSR count). The van der Waals surface area contributed by atoms with Gasteiger partial charge >= 0.3 is 0 Å². The van der Waals surface area contributed by atoms with Gasteiger partial charge in [-0.3, -0.25) is 8.75 Å². The molecule has 1 aliphatic heterocycles. The van der Waals surface area contributed by atoms with E-state index < -0.39 is 0 Å². The molecule has 4 nitrogen and oxygen atoms in total. The Balaban J connectivity index is 2.23. The molecule has 0 saturated carbocycles. The first-order valence-corrected chi connectivity index (χ1v) is 6.23. The maximum atomic E-state index is 12.3. The van der Waals surface area contributed by atoms with E-state index in [-0.39, 0.29) is 17.4 Å². The van der Waals surface area contributed by atoms with Crippen LogP contribution in [0.15, 0.2) is 23.0 Å². The molecular weight excluding hydrogens is 238 g/mol. The minimum Gasteiger partial charge on any atom is -0.268 e. The quantitative estimate of drug-likeness (QED) is 0.578. The summed E-state index contributed by atoms with van der Waals surface area (Å²) in [6.45, 7) is 6.08. The number of hydrogen-bond acceptors (Lipinski definition) is 4. The molecule has 0 spiro atoms. The maximum absolute atomic E-state index is 12.3. The van der Waals surface area contributed by atoms with E-state index >= 15 is 0 Å². The largest absolute Gasteiger partial charge is 0.269 e. The molecular formula is C12H13NO3S. The zero-order valence-electron chi connectivity index (χ0n) is 9.89. The van der Waals surface area contributed by atoms with Crippen LogP contribution in [0, 0.1) is 0 Å². The Labute approximate surface area is 102 Å². The zero-order chi connectivity index (χ0) is 12.2. The summed E-state index contributed by atoms with van der Waals surface area (Å²) in [6, 6.07) is 5.74. The van der Waals surface area contributed by atoms with Crippen LogP contribution in [-0.4, -0.2) is 3.96 Å². The lowest BCUT2D eigenvalue weighted by Gasteiger charge is -2.17. The van der Waals surface area contributed by atoms with E-state index in [2.05, 4.69) is 0 Å². The summed E-state index contributed by atoms with van der Waals surface area (Å²) in [5.74, 6) is 0. The fourth-order valence-corrected chi connectivity index (χ4v) is 2.80. The van der Waals surface area contributed by atoms with Crippen LogP contribution in [0.2, 0.25) is 0 Å². The topological polar surface area (TPSA) is 47.1 Å². The summed E-state index contributed by atoms with van der Waals surface area (Å²) in [4.78, 5) is 21.8. The lowest BCUT2D eigenvalue weighted by atomic mass is 10.1. The molecule has 0 amide bonds. The lowest BCUT2D eigenvalue weighted by molar-refractivity contribution is 0.0850. The van der Waals surface area contributed by atoms with E-state index in [4.69, 9.17) is 9.78 Å². The Kier molecular flexibility index (Phi) is 2.20. The highest BCUT2D eigenvalue weighted by Crippen LogP contribution is 2.34. The standard InChI is InChI=1S/C12H13NO3S/c1-12(2,3)13-10(14)8-6-7(11-15-16-11)4-5-9(8)17-13/h4-6,11H,1-3H3. The van der Waals surface area contributed by atoms with Gasteiger partial charge in [-0.15, -0.1) is 0 Å². The highest BCUT2D eigenvalue weighted by molar-refractivity contribution is 7.13. The first-order chi connectivity index (χ1) is 7.97. The van der Waals surface area contributed by atoms with Gasteiger partial charge in [0.25, 0.3) is 5.56 Å². The summed E-state index contributed by atoms with van der Waals surface area (Å²) in [5.41, 5.74) is 0.765. The average molecular weight is 251 g/mol. The molecule has 5 heteroatoms. The highest BCUT2D eigenvalue weighted by Gasteiger charge is 2.29. The monoisotopic (exact) mass is 251 g/mol. The Hall–Kier alpha value is -1.17. The molecule has 0 atom stereocenters. The summed E-state index contributed by atoms with van der Waals surface area (Å²) in [7, 11) is 0. The third kappa shape index (κ3) is 1.80. The molecule has 1 saturated heterocycles. The third-order valence-electron chi connectivity index (χ3n) is 2.68. The average Bonchev–Trinajstić information content (AvgIpc) is 3.03. The molecule has 0 unspecified atom stereocenters. The second kappa shape index (κ2) is 3.41. The normalized spacial score (nSPS) is 16.6. The first kappa shape index (κ1) is 11.0. The third-order valence-corrected chi connectivity index (χ3v) is 4.13. The van der Waals surface area contributed by atoms with Gasteiger partial charge in [0.2, 0.25) is 6.29 Å². The van der Waals surface area contributed by atoms with E-state index in [1.54, 1.807) is 3.96 Å². The minimum atomic E-state index is -0.290. The molecule has 0 bridgehead atoms. The number of benzene rings is 1. The second-order valence-corrected chi connectivity index (χ2v) is 6.13. The summed E-state index contributed by atoms with van der Waals surface area (Å²) < 4.78 is 2.80. The fourth-order valence-electron chi connectivity index (χ4n) is 1.77. The van der Waals surface area contributed by atoms with E-state index in [0.29, 0.717) is 0 Å². The molecule has 1 fully saturated rings. The van der Waals surface area contributed by atoms with Gasteiger partial charge < -0.3 is 0 Å². The molecule has 0 aliphatic carbocycles. The van der Waals surface area contributed by atoms with Crippen molar-refractivity contribution in [3.05, 3.63) is 34.1 Å². The van der Waals surface area contributed by atoms with Crippen molar-refractivity contribution in [2.24, 2.45) is 0 Å². The van der Waals surface area contributed by atoms with Gasteiger partial charge in [0.15, 0.2) is 0 Å². The van der Waals surface area contributed by atoms with Crippen LogP contribution >= 0.6 is 11.5 Å². The molecule has 17 heavy (non-hydrogen) atoms. The number of hydrogen-bond donors (Lipinski definition) is 0. The van der Waals surface area contributed by atoms with Crippen LogP contribution in [-0.2, 0) is 15.3 Å². The van der Waals surface area contributed by atoms with Gasteiger partial charge in [-0.2, -0.15) is 9.78 Å². The van der Waals surface area contributed by atoms with E-state index in [1.165, 1.54) is 11.5 Å². The molecule has 0 N–H and O–H groups in total. The van der Waals surface area contributed by atoms with Crippen LogP contribution < -0.4 is 5.56 Å². The summed E-state index contributed by atoms with van der Waals surface area (Å²) in [5, 5.41) is 0.738. The fraction of sp³-hybridized carbons (Fsp3) is 0.417. The van der Waals surface area contributed by atoms with Crippen LogP contribution in [0.3, 0.4) is 0 Å². The number of nitrogens with zero attached hydrogens (tertiary/aromatic N) is 1. The smallest absolute Gasteiger partial charge is 0.268 e. The second-order valence-electron chi connectivity index (χ2n) is 5.14. The van der Waals surface area contributed by atoms with Crippen LogP contribution in [0.1, 0.15) is 32.6 Å². The molecule has 90 valence electrons. The van der Waals surface area contributed by atoms with Crippen molar-refractivity contribution < 1.29 is 9.78 Å². The molecule has 1 aliphatic rings. The predicted molar refractivity (Wildman–Crippen MR) is 66.0 cm³/mol. The van der Waals surface area contributed by atoms with Gasteiger partial charge in [-0.05, 0) is 32.9 Å². The van der Waals surface area contributed by atoms with Crippen molar-refractivity contribution in [1.29, 1.82) is 0 Å². The lowest BCUT2D eigenvalue weighted by Crippen LogP contribution is -2.29. The van der Waals surface area contributed by atoms with Crippen molar-refractivity contribution in [2.45, 2.75) is 32.6 Å². The van der Waals surface area contributed by atoms with Crippen molar-refractivity contribution in [1.82, 2.24) is 3.96 Å². The molecule has 2 heterocycles. The number of fused-ring (bicyclic) bond motifs is 1. The van der Waals surface area contributed by atoms with E-state index in [1.807, 2.05) is 39.0 Å². The predicted octanol–water partition coefficient (Wildman–Crippen LogP) is 2.78.